The van der Waals surface area contributed by atoms with Gasteiger partial charge in [0.05, 0.1) is 12.2 Å². The maximum Gasteiger partial charge on any atom is 0.0968 e. The second kappa shape index (κ2) is 8.98. The van der Waals surface area contributed by atoms with Crippen LogP contribution in [0.25, 0.3) is 11.3 Å². The maximum absolute atomic E-state index is 5.46. The van der Waals surface area contributed by atoms with Crippen LogP contribution >= 0.6 is 0 Å². The molecule has 1 aliphatic heterocycles. The largest absolute Gasteiger partial charge is 0.381 e. The zero-order valence-electron chi connectivity index (χ0n) is 15.7. The van der Waals surface area contributed by atoms with Crippen molar-refractivity contribution in [3.8, 4) is 11.3 Å². The number of rotatable bonds is 7. The number of nitrogens with zero attached hydrogens (tertiary/aromatic N) is 2. The van der Waals surface area contributed by atoms with Gasteiger partial charge in [0, 0.05) is 37.1 Å². The molecule has 4 rings (SSSR count). The average Bonchev–Trinajstić information content (AvgIpc) is 3.13. The normalized spacial score (nSPS) is 15.1. The summed E-state index contributed by atoms with van der Waals surface area (Å²) in [6.45, 7) is 4.48. The fourth-order valence-electron chi connectivity index (χ4n) is 3.64. The first kappa shape index (κ1) is 18.0. The van der Waals surface area contributed by atoms with Gasteiger partial charge in [-0.25, -0.2) is 0 Å². The standard InChI is InChI=1S/C23H27N3O/c1-3-7-20(8-4-1)17-26-18-22(16-24-15-19-11-13-27-14-12-19)23(25-26)21-9-5-2-6-10-21/h1-10,18-19,24H,11-17H2. The Morgan fingerprint density at radius 1 is 0.963 bits per heavy atom. The molecule has 4 heteroatoms. The number of ether oxygens (including phenoxy) is 1. The summed E-state index contributed by atoms with van der Waals surface area (Å²) < 4.78 is 7.52. The Hall–Kier alpha value is -2.43. The van der Waals surface area contributed by atoms with E-state index in [-0.39, 0.29) is 0 Å². The Kier molecular flexibility index (Phi) is 5.97. The van der Waals surface area contributed by atoms with Crippen LogP contribution in [0.5, 0.6) is 0 Å². The second-order valence-corrected chi connectivity index (χ2v) is 7.24. The topological polar surface area (TPSA) is 39.1 Å². The number of hydrogen-bond acceptors (Lipinski definition) is 3. The molecule has 2 heterocycles. The Labute approximate surface area is 161 Å². The van der Waals surface area contributed by atoms with Gasteiger partial charge in [0.15, 0.2) is 0 Å². The predicted octanol–water partition coefficient (Wildman–Crippen LogP) is 4.11. The van der Waals surface area contributed by atoms with Gasteiger partial charge in [0.1, 0.15) is 0 Å². The average molecular weight is 361 g/mol. The van der Waals surface area contributed by atoms with Gasteiger partial charge in [0.25, 0.3) is 0 Å². The van der Waals surface area contributed by atoms with Gasteiger partial charge >= 0.3 is 0 Å². The zero-order chi connectivity index (χ0) is 18.3. The highest BCUT2D eigenvalue weighted by Crippen LogP contribution is 2.23. The van der Waals surface area contributed by atoms with Crippen LogP contribution in [-0.2, 0) is 17.8 Å². The van der Waals surface area contributed by atoms with E-state index in [2.05, 4.69) is 64.7 Å². The highest BCUT2D eigenvalue weighted by molar-refractivity contribution is 5.62. The molecule has 0 atom stereocenters. The molecule has 1 N–H and O–H groups in total. The summed E-state index contributed by atoms with van der Waals surface area (Å²) >= 11 is 0. The van der Waals surface area contributed by atoms with Gasteiger partial charge in [-0.3, -0.25) is 4.68 Å². The van der Waals surface area contributed by atoms with Gasteiger partial charge in [-0.05, 0) is 30.9 Å². The van der Waals surface area contributed by atoms with Crippen LogP contribution in [0.1, 0.15) is 24.0 Å². The van der Waals surface area contributed by atoms with Crippen molar-refractivity contribution in [1.29, 1.82) is 0 Å². The smallest absolute Gasteiger partial charge is 0.0968 e. The van der Waals surface area contributed by atoms with Crippen molar-refractivity contribution in [2.75, 3.05) is 19.8 Å². The van der Waals surface area contributed by atoms with E-state index >= 15 is 0 Å². The van der Waals surface area contributed by atoms with E-state index in [1.165, 1.54) is 16.7 Å². The minimum absolute atomic E-state index is 0.721. The van der Waals surface area contributed by atoms with Crippen molar-refractivity contribution in [3.63, 3.8) is 0 Å². The van der Waals surface area contributed by atoms with E-state index in [0.29, 0.717) is 0 Å². The Morgan fingerprint density at radius 2 is 1.67 bits per heavy atom. The summed E-state index contributed by atoms with van der Waals surface area (Å²) in [6.07, 6.45) is 4.50. The summed E-state index contributed by atoms with van der Waals surface area (Å²) in [6, 6.07) is 21.0. The fourth-order valence-corrected chi connectivity index (χ4v) is 3.64. The molecule has 0 unspecified atom stereocenters. The lowest BCUT2D eigenvalue weighted by atomic mass is 10.0. The summed E-state index contributed by atoms with van der Waals surface area (Å²) in [7, 11) is 0. The van der Waals surface area contributed by atoms with Crippen molar-refractivity contribution in [1.82, 2.24) is 15.1 Å². The highest BCUT2D eigenvalue weighted by Gasteiger charge is 2.15. The quantitative estimate of drug-likeness (QED) is 0.688. The van der Waals surface area contributed by atoms with Crippen molar-refractivity contribution in [2.24, 2.45) is 5.92 Å². The Balaban J connectivity index is 1.49. The molecule has 0 amide bonds. The van der Waals surface area contributed by atoms with Crippen LogP contribution in [0.3, 0.4) is 0 Å². The summed E-state index contributed by atoms with van der Waals surface area (Å²) in [5.74, 6) is 0.721. The minimum atomic E-state index is 0.721. The highest BCUT2D eigenvalue weighted by atomic mass is 16.5. The van der Waals surface area contributed by atoms with E-state index in [1.807, 2.05) is 12.1 Å². The molecular weight excluding hydrogens is 334 g/mol. The summed E-state index contributed by atoms with van der Waals surface area (Å²) in [5, 5.41) is 8.55. The van der Waals surface area contributed by atoms with Gasteiger partial charge < -0.3 is 10.1 Å². The van der Waals surface area contributed by atoms with Crippen LogP contribution in [0.4, 0.5) is 0 Å². The SMILES string of the molecule is c1ccc(Cn2cc(CNCC3CCOCC3)c(-c3ccccc3)n2)cc1. The molecule has 1 fully saturated rings. The molecular formula is C23H27N3O. The number of nitrogens with one attached hydrogen (secondary N) is 1. The molecule has 0 aliphatic carbocycles. The molecule has 0 bridgehead atoms. The lowest BCUT2D eigenvalue weighted by molar-refractivity contribution is 0.0662. The number of benzene rings is 2. The van der Waals surface area contributed by atoms with Crippen molar-refractivity contribution < 1.29 is 4.74 Å². The van der Waals surface area contributed by atoms with Crippen molar-refractivity contribution >= 4 is 0 Å². The van der Waals surface area contributed by atoms with Gasteiger partial charge in [-0.1, -0.05) is 60.7 Å². The van der Waals surface area contributed by atoms with Crippen LogP contribution in [-0.4, -0.2) is 29.5 Å². The lowest BCUT2D eigenvalue weighted by Crippen LogP contribution is -2.27. The molecule has 140 valence electrons. The first-order valence-corrected chi connectivity index (χ1v) is 9.82. The molecule has 1 saturated heterocycles. The maximum atomic E-state index is 5.46. The van der Waals surface area contributed by atoms with Crippen LogP contribution in [0, 0.1) is 5.92 Å². The lowest BCUT2D eigenvalue weighted by Gasteiger charge is -2.22. The summed E-state index contributed by atoms with van der Waals surface area (Å²) in [4.78, 5) is 0. The van der Waals surface area contributed by atoms with Crippen molar-refractivity contribution in [2.45, 2.75) is 25.9 Å². The number of aromatic nitrogens is 2. The summed E-state index contributed by atoms with van der Waals surface area (Å²) in [5.41, 5.74) is 4.77. The van der Waals surface area contributed by atoms with Crippen LogP contribution < -0.4 is 5.32 Å². The molecule has 4 nitrogen and oxygen atoms in total. The fraction of sp³-hybridized carbons (Fsp3) is 0.348. The first-order chi connectivity index (χ1) is 13.4. The van der Waals surface area contributed by atoms with E-state index in [9.17, 15) is 0 Å². The second-order valence-electron chi connectivity index (χ2n) is 7.24. The molecule has 0 spiro atoms. The van der Waals surface area contributed by atoms with E-state index in [4.69, 9.17) is 9.84 Å². The third-order valence-electron chi connectivity index (χ3n) is 5.16. The van der Waals surface area contributed by atoms with Crippen molar-refractivity contribution in [3.05, 3.63) is 78.0 Å². The Morgan fingerprint density at radius 3 is 2.41 bits per heavy atom. The molecule has 0 saturated carbocycles. The number of hydrogen-bond donors (Lipinski definition) is 1. The predicted molar refractivity (Wildman–Crippen MR) is 108 cm³/mol. The van der Waals surface area contributed by atoms with Gasteiger partial charge in [-0.15, -0.1) is 0 Å². The van der Waals surface area contributed by atoms with Crippen LogP contribution in [0.15, 0.2) is 66.9 Å². The molecule has 3 aromatic rings. The molecule has 1 aliphatic rings. The molecule has 2 aromatic carbocycles. The van der Waals surface area contributed by atoms with Crippen LogP contribution in [0.2, 0.25) is 0 Å². The molecule has 27 heavy (non-hydrogen) atoms. The third-order valence-corrected chi connectivity index (χ3v) is 5.16. The third kappa shape index (κ3) is 4.85. The molecule has 1 aromatic heterocycles. The first-order valence-electron chi connectivity index (χ1n) is 9.82. The van der Waals surface area contributed by atoms with Gasteiger partial charge in [-0.2, -0.15) is 5.10 Å². The minimum Gasteiger partial charge on any atom is -0.381 e. The monoisotopic (exact) mass is 361 g/mol. The zero-order valence-corrected chi connectivity index (χ0v) is 15.7. The van der Waals surface area contributed by atoms with Gasteiger partial charge in [0.2, 0.25) is 0 Å². The van der Waals surface area contributed by atoms with E-state index < -0.39 is 0 Å². The van der Waals surface area contributed by atoms with E-state index in [1.54, 1.807) is 0 Å². The molecule has 0 radical (unpaired) electrons. The Bertz CT molecular complexity index is 823. The van der Waals surface area contributed by atoms with E-state index in [0.717, 1.165) is 57.3 Å².